The van der Waals surface area contributed by atoms with Gasteiger partial charge in [0.15, 0.2) is 0 Å². The van der Waals surface area contributed by atoms with Crippen molar-refractivity contribution in [1.29, 1.82) is 5.26 Å². The van der Waals surface area contributed by atoms with Crippen LogP contribution in [0.2, 0.25) is 0 Å². The predicted octanol–water partition coefficient (Wildman–Crippen LogP) is 22.6. The molecule has 4 saturated heterocycles. The average molecular weight is 2380 g/mol. The zero-order valence-corrected chi connectivity index (χ0v) is 94.1. The second kappa shape index (κ2) is 50.7. The highest BCUT2D eigenvalue weighted by molar-refractivity contribution is 14.1. The Balaban J connectivity index is 0.000000219. The molecule has 38 heteroatoms. The van der Waals surface area contributed by atoms with Gasteiger partial charge >= 0.3 is 45.6 Å². The molecule has 3 amide bonds. The fraction of sp³-hybridized carbons (Fsp3) is 0.422. The number of carbonyl (C=O) groups is 7. The van der Waals surface area contributed by atoms with Gasteiger partial charge in [0.25, 0.3) is 11.5 Å². The molecule has 0 atom stereocenters. The van der Waals surface area contributed by atoms with Crippen LogP contribution in [0.5, 0.6) is 0 Å². The summed E-state index contributed by atoms with van der Waals surface area (Å²) in [6.45, 7) is 50.1. The number of aryl methyl sites for hydroxylation is 1. The first-order chi connectivity index (χ1) is 65.0. The molecule has 16 rings (SSSR count). The summed E-state index contributed by atoms with van der Waals surface area (Å²) in [4.78, 5) is 110. The third kappa shape index (κ3) is 35.6. The van der Waals surface area contributed by atoms with Gasteiger partial charge in [-0.25, -0.2) is 41.4 Å². The highest BCUT2D eigenvalue weighted by Gasteiger charge is 2.64. The molecular formula is C102H127B3Br2I3N11O19. The van der Waals surface area contributed by atoms with Gasteiger partial charge in [-0.1, -0.05) is 122 Å². The van der Waals surface area contributed by atoms with Crippen LogP contribution in [-0.4, -0.2) is 156 Å². The second-order valence-electron chi connectivity index (χ2n) is 39.6. The third-order valence-electron chi connectivity index (χ3n) is 21.9. The average Bonchev–Trinajstić information content (AvgIpc) is 1.60. The van der Waals surface area contributed by atoms with Gasteiger partial charge in [-0.3, -0.25) is 29.1 Å². The molecule has 7 aromatic heterocycles. The number of nitriles is 1. The van der Waals surface area contributed by atoms with Crippen molar-refractivity contribution < 1.29 is 85.2 Å². The molecule has 3 aromatic carbocycles. The number of ether oxygens (including phenoxy) is 5. The van der Waals surface area contributed by atoms with Crippen LogP contribution >= 0.6 is 99.9 Å². The number of nitrogens with zero attached hydrogens (tertiary/aromatic N) is 9. The van der Waals surface area contributed by atoms with E-state index in [0.29, 0.717) is 43.8 Å². The first-order valence-electron chi connectivity index (χ1n) is 45.2. The molecule has 6 aliphatic rings. The summed E-state index contributed by atoms with van der Waals surface area (Å²) in [5.74, 6) is -0.514. The largest absolute Gasteiger partial charge is 0.519 e. The molecule has 0 spiro atoms. The maximum absolute atomic E-state index is 12.6. The number of pyridine rings is 5. The number of hydrogen-bond donors (Lipinski definition) is 2. The van der Waals surface area contributed by atoms with Crippen LogP contribution in [0.3, 0.4) is 0 Å². The van der Waals surface area contributed by atoms with Gasteiger partial charge in [0, 0.05) is 127 Å². The van der Waals surface area contributed by atoms with Crippen molar-refractivity contribution in [3.05, 3.63) is 262 Å². The summed E-state index contributed by atoms with van der Waals surface area (Å²) >= 11 is 13.0. The molecule has 0 unspecified atom stereocenters. The van der Waals surface area contributed by atoms with Crippen LogP contribution in [0, 0.1) is 21.8 Å². The number of halogens is 5. The first kappa shape index (κ1) is 118. The zero-order chi connectivity index (χ0) is 105. The summed E-state index contributed by atoms with van der Waals surface area (Å²) < 4.78 is 70.7. The molecule has 140 heavy (non-hydrogen) atoms. The summed E-state index contributed by atoms with van der Waals surface area (Å²) in [6, 6.07) is 44.4. The second-order valence-corrected chi connectivity index (χ2v) is 44.7. The van der Waals surface area contributed by atoms with Gasteiger partial charge in [-0.15, -0.1) is 0 Å². The van der Waals surface area contributed by atoms with E-state index in [1.54, 1.807) is 118 Å². The van der Waals surface area contributed by atoms with E-state index in [-0.39, 0.29) is 51.2 Å². The number of nitrogens with one attached hydrogen (secondary N) is 1. The summed E-state index contributed by atoms with van der Waals surface area (Å²) in [5, 5.41) is 11.9. The Morgan fingerprint density at radius 3 is 1.42 bits per heavy atom. The van der Waals surface area contributed by atoms with E-state index in [9.17, 15) is 38.4 Å². The van der Waals surface area contributed by atoms with E-state index in [4.69, 9.17) is 57.9 Å². The van der Waals surface area contributed by atoms with Crippen molar-refractivity contribution in [2.75, 3.05) is 0 Å². The number of nitrogens with two attached hydrogens (primary N) is 1. The lowest BCUT2D eigenvalue weighted by Crippen LogP contribution is -2.41. The summed E-state index contributed by atoms with van der Waals surface area (Å²) in [7, 11) is -1.52. The molecule has 2 aliphatic carbocycles. The molecule has 11 heterocycles. The summed E-state index contributed by atoms with van der Waals surface area (Å²) in [6.07, 6.45) is 18.4. The van der Waals surface area contributed by atoms with Crippen LogP contribution < -0.4 is 22.1 Å². The molecule has 0 radical (unpaired) electrons. The normalized spacial score (nSPS) is 16.0. The molecule has 4 fully saturated rings. The highest BCUT2D eigenvalue weighted by Crippen LogP contribution is 2.44. The van der Waals surface area contributed by atoms with Crippen molar-refractivity contribution in [2.24, 2.45) is 5.73 Å². The van der Waals surface area contributed by atoms with Crippen molar-refractivity contribution in [1.82, 2.24) is 42.1 Å². The number of hydrogen-bond acceptors (Lipinski definition) is 25. The molecular weight excluding hydrogens is 2260 g/mol. The first-order valence-corrected chi connectivity index (χ1v) is 49.9. The Bertz CT molecular complexity index is 6030. The minimum absolute atomic E-state index is 0.0735. The SMILES string of the molecule is C1=Cc2cccnc2C1.CC#N.CC(C)(C)OC(=O)OC(=O)OC(C)(C)C.CC(C)(C)OC(=O)n1cc(B2OC(C)(C)C(C)(C)O2)c2cccnc21.CC(C)(C)OC(=O)n1cc(I)c2cccnc21.CC1(C)OB(B2OC(C)(C)C(C)(C)O2)OC1(C)C.Cc1ccc(Cn2cccc(C(=O)NCc3cccc(Br)c3)c2=O)cc1.IC1=CCc2ncccc21.NCc1cccc(Br)c1.O=C1CCC(=O)N1I. The molecule has 0 bridgehead atoms. The number of rotatable bonds is 8. The van der Waals surface area contributed by atoms with Gasteiger partial charge < -0.3 is 67.2 Å². The zero-order valence-electron chi connectivity index (χ0n) is 84.4. The topological polar surface area (TPSA) is 370 Å². The van der Waals surface area contributed by atoms with Gasteiger partial charge in [-0.05, 0) is 307 Å². The van der Waals surface area contributed by atoms with Gasteiger partial charge in [0.05, 0.1) is 80.5 Å². The van der Waals surface area contributed by atoms with Gasteiger partial charge in [0.2, 0.25) is 11.8 Å². The minimum Gasteiger partial charge on any atom is -0.443 e. The Hall–Kier alpha value is -9.39. The van der Waals surface area contributed by atoms with Gasteiger partial charge in [0.1, 0.15) is 39.3 Å². The number of benzene rings is 3. The maximum Gasteiger partial charge on any atom is 0.519 e. The number of fused-ring (bicyclic) bond motifs is 4. The van der Waals surface area contributed by atoms with E-state index >= 15 is 0 Å². The number of aromatic nitrogens is 7. The van der Waals surface area contributed by atoms with E-state index in [0.717, 1.165) is 61.4 Å². The lowest BCUT2D eigenvalue weighted by Gasteiger charge is -2.32. The Morgan fingerprint density at radius 2 is 0.971 bits per heavy atom. The molecule has 10 aromatic rings. The van der Waals surface area contributed by atoms with E-state index < -0.39 is 79.2 Å². The molecule has 0 saturated carbocycles. The lowest BCUT2D eigenvalue weighted by molar-refractivity contribution is -0.130. The van der Waals surface area contributed by atoms with Crippen LogP contribution in [0.15, 0.2) is 203 Å². The number of allylic oxidation sites excluding steroid dienone is 2. The van der Waals surface area contributed by atoms with Crippen molar-refractivity contribution in [3.8, 4) is 6.07 Å². The predicted molar refractivity (Wildman–Crippen MR) is 579 cm³/mol. The van der Waals surface area contributed by atoms with Crippen LogP contribution in [0.4, 0.5) is 19.2 Å². The van der Waals surface area contributed by atoms with Gasteiger partial charge in [-0.2, -0.15) is 5.26 Å². The van der Waals surface area contributed by atoms with E-state index in [2.05, 4.69) is 137 Å². The fourth-order valence-corrected chi connectivity index (χ4v) is 15.6. The molecule has 4 aliphatic heterocycles. The Labute approximate surface area is 880 Å². The molecule has 30 nitrogen and oxygen atoms in total. The third-order valence-corrected chi connectivity index (χ3v) is 25.8. The van der Waals surface area contributed by atoms with Crippen molar-refractivity contribution in [2.45, 2.75) is 281 Å². The smallest absolute Gasteiger partial charge is 0.443 e. The number of amides is 3. The molecule has 3 N–H and O–H groups in total. The quantitative estimate of drug-likeness (QED) is 0.0271. The summed E-state index contributed by atoms with van der Waals surface area (Å²) in [5.41, 5.74) is 11.7. The van der Waals surface area contributed by atoms with Crippen molar-refractivity contribution in [3.63, 3.8) is 0 Å². The number of carbonyl (C=O) groups excluding carboxylic acids is 7. The lowest BCUT2D eigenvalue weighted by atomic mass is 9.49. The van der Waals surface area contributed by atoms with E-state index in [1.165, 1.54) is 47.7 Å². The monoisotopic (exact) mass is 2380 g/mol. The van der Waals surface area contributed by atoms with Crippen molar-refractivity contribution >= 4 is 200 Å². The number of imide groups is 1. The highest BCUT2D eigenvalue weighted by atomic mass is 127. The fourth-order valence-electron chi connectivity index (χ4n) is 12.8. The van der Waals surface area contributed by atoms with E-state index in [1.807, 2.05) is 253 Å². The van der Waals surface area contributed by atoms with Crippen LogP contribution in [0.1, 0.15) is 241 Å². The van der Waals surface area contributed by atoms with Crippen LogP contribution in [0.25, 0.3) is 31.7 Å². The molecule has 748 valence electrons. The Morgan fingerprint density at radius 1 is 0.536 bits per heavy atom. The van der Waals surface area contributed by atoms with Crippen LogP contribution in [-0.2, 0) is 93.7 Å². The maximum atomic E-state index is 12.6. The Kier molecular flexibility index (Phi) is 42.6. The standard InChI is InChI=1S/C21H19BrN2O2.C18H25BN2O4.C12H24B2O4.C12H13IN2O2.C10H18O5.C8H6IN.C8H7N.C7H8BrN.C4H4INO2.C2H3N/c1-15-7-9-16(10-8-15)14-24-11-3-6-19(21(24)26)20(25)23-13-17-4-2-5-18(22)12-17;1-16(2,3)23-15(22)21-11-13(12-9-8-10-20-14(12)21)19-24-17(4,5)18(6,7)25-19;1-9(2)10(3,4)16-13(15-9)14-17-11(5,6)12(7,8)18-14;1-12(2,3)17-11(16)15-7-9(13)8-5-4-6-14-10(8)15;1-9(2,3)14-7(11)13-8(12)15-10(4,5)6;9-7-3-4-8-6(7)2-1-5-10-8;1-3-7-4-2-6-9-8(7)5-1;8-7-3-1-2-6(4-7)5-9;5-6-3(7)1-2-4(6)8;1-2-3/h2-12H,13-14H2,1H3,(H,23,25);8-11H,1-7H3;1-8H3;4-7H,1-3H3;1-6H3;1-3,5H,4H2;1-4,6H,5H2;1-4H,5,9H2;1-2H2;1H3. The minimum atomic E-state index is -1.06.